The Morgan fingerprint density at radius 1 is 1.50 bits per heavy atom. The van der Waals surface area contributed by atoms with Gasteiger partial charge >= 0.3 is 0 Å². The van der Waals surface area contributed by atoms with Crippen LogP contribution in [0, 0.1) is 0 Å². The van der Waals surface area contributed by atoms with Crippen molar-refractivity contribution < 1.29 is 4.74 Å². The zero-order valence-corrected chi connectivity index (χ0v) is 8.10. The molecular weight excluding hydrogens is 152 g/mol. The molecule has 1 aliphatic heterocycles. The van der Waals surface area contributed by atoms with E-state index in [0.717, 1.165) is 19.6 Å². The van der Waals surface area contributed by atoms with Gasteiger partial charge in [0.2, 0.25) is 0 Å². The largest absolute Gasteiger partial charge is 0.380 e. The SMILES string of the molecule is COC(C)CNC1CCNCC1. The van der Waals surface area contributed by atoms with Gasteiger partial charge < -0.3 is 15.4 Å². The van der Waals surface area contributed by atoms with Gasteiger partial charge in [0.15, 0.2) is 0 Å². The minimum absolute atomic E-state index is 0.333. The van der Waals surface area contributed by atoms with E-state index >= 15 is 0 Å². The lowest BCUT2D eigenvalue weighted by molar-refractivity contribution is 0.112. The van der Waals surface area contributed by atoms with Crippen LogP contribution in [0.15, 0.2) is 0 Å². The van der Waals surface area contributed by atoms with E-state index < -0.39 is 0 Å². The molecule has 12 heavy (non-hydrogen) atoms. The number of ether oxygens (including phenoxy) is 1. The second kappa shape index (κ2) is 5.51. The van der Waals surface area contributed by atoms with Gasteiger partial charge in [0.05, 0.1) is 6.10 Å². The fourth-order valence-corrected chi connectivity index (χ4v) is 1.44. The highest BCUT2D eigenvalue weighted by molar-refractivity contribution is 4.74. The van der Waals surface area contributed by atoms with Gasteiger partial charge in [-0.05, 0) is 32.9 Å². The average Bonchev–Trinajstić information content (AvgIpc) is 2.16. The minimum Gasteiger partial charge on any atom is -0.380 e. The summed E-state index contributed by atoms with van der Waals surface area (Å²) in [7, 11) is 1.76. The molecule has 0 amide bonds. The maximum Gasteiger partial charge on any atom is 0.0667 e. The van der Waals surface area contributed by atoms with E-state index in [2.05, 4.69) is 17.6 Å². The fourth-order valence-electron chi connectivity index (χ4n) is 1.44. The zero-order valence-electron chi connectivity index (χ0n) is 8.10. The Bertz CT molecular complexity index is 113. The number of hydrogen-bond acceptors (Lipinski definition) is 3. The molecule has 1 saturated heterocycles. The predicted octanol–water partition coefficient (Wildman–Crippen LogP) is 0.363. The average molecular weight is 172 g/mol. The smallest absolute Gasteiger partial charge is 0.0667 e. The molecule has 0 aromatic carbocycles. The van der Waals surface area contributed by atoms with Gasteiger partial charge in [-0.3, -0.25) is 0 Å². The van der Waals surface area contributed by atoms with Crippen LogP contribution in [0.25, 0.3) is 0 Å². The molecule has 0 radical (unpaired) electrons. The van der Waals surface area contributed by atoms with Crippen LogP contribution in [0.3, 0.4) is 0 Å². The highest BCUT2D eigenvalue weighted by atomic mass is 16.5. The molecule has 0 saturated carbocycles. The van der Waals surface area contributed by atoms with Gasteiger partial charge in [0, 0.05) is 19.7 Å². The van der Waals surface area contributed by atoms with Crippen LogP contribution in [0.5, 0.6) is 0 Å². The van der Waals surface area contributed by atoms with Crippen LogP contribution >= 0.6 is 0 Å². The molecular formula is C9H20N2O. The fraction of sp³-hybridized carbons (Fsp3) is 1.00. The van der Waals surface area contributed by atoms with Gasteiger partial charge in [0.25, 0.3) is 0 Å². The van der Waals surface area contributed by atoms with E-state index in [1.54, 1.807) is 7.11 Å². The quantitative estimate of drug-likeness (QED) is 0.642. The molecule has 0 aromatic rings. The minimum atomic E-state index is 0.333. The van der Waals surface area contributed by atoms with Crippen LogP contribution in [-0.2, 0) is 4.74 Å². The van der Waals surface area contributed by atoms with Crippen molar-refractivity contribution >= 4 is 0 Å². The first-order chi connectivity index (χ1) is 5.83. The summed E-state index contributed by atoms with van der Waals surface area (Å²) in [5.41, 5.74) is 0. The van der Waals surface area contributed by atoms with Gasteiger partial charge in [-0.2, -0.15) is 0 Å². The van der Waals surface area contributed by atoms with Crippen molar-refractivity contribution in [2.75, 3.05) is 26.7 Å². The van der Waals surface area contributed by atoms with E-state index in [0.29, 0.717) is 12.1 Å². The molecule has 3 heteroatoms. The molecule has 3 nitrogen and oxygen atoms in total. The summed E-state index contributed by atoms with van der Waals surface area (Å²) in [5, 5.41) is 6.85. The third-order valence-corrected chi connectivity index (χ3v) is 2.44. The number of methoxy groups -OCH3 is 1. The first-order valence-corrected chi connectivity index (χ1v) is 4.80. The molecule has 0 spiro atoms. The summed E-state index contributed by atoms with van der Waals surface area (Å²) < 4.78 is 5.16. The standard InChI is InChI=1S/C9H20N2O/c1-8(12-2)7-11-9-3-5-10-6-4-9/h8-11H,3-7H2,1-2H3. The monoisotopic (exact) mass is 172 g/mol. The molecule has 1 rings (SSSR count). The van der Waals surface area contributed by atoms with Crippen molar-refractivity contribution in [3.05, 3.63) is 0 Å². The van der Waals surface area contributed by atoms with Crippen molar-refractivity contribution in [2.24, 2.45) is 0 Å². The second-order valence-electron chi connectivity index (χ2n) is 3.48. The van der Waals surface area contributed by atoms with Crippen LogP contribution in [0.1, 0.15) is 19.8 Å². The Balaban J connectivity index is 2.05. The summed E-state index contributed by atoms with van der Waals surface area (Å²) in [6, 6.07) is 0.698. The Kier molecular flexibility index (Phi) is 4.58. The first-order valence-electron chi connectivity index (χ1n) is 4.80. The number of piperidine rings is 1. The Hall–Kier alpha value is -0.120. The molecule has 1 atom stereocenters. The van der Waals surface area contributed by atoms with E-state index in [1.807, 2.05) is 0 Å². The Morgan fingerprint density at radius 2 is 2.17 bits per heavy atom. The molecule has 0 bridgehead atoms. The maximum atomic E-state index is 5.16. The Morgan fingerprint density at radius 3 is 2.75 bits per heavy atom. The molecule has 0 aromatic heterocycles. The van der Waals surface area contributed by atoms with E-state index in [-0.39, 0.29) is 0 Å². The summed E-state index contributed by atoms with van der Waals surface area (Å²) in [4.78, 5) is 0. The van der Waals surface area contributed by atoms with Crippen molar-refractivity contribution in [3.8, 4) is 0 Å². The van der Waals surface area contributed by atoms with E-state index in [1.165, 1.54) is 12.8 Å². The molecule has 1 unspecified atom stereocenters. The lowest BCUT2D eigenvalue weighted by Gasteiger charge is -2.24. The first kappa shape index (κ1) is 9.96. The van der Waals surface area contributed by atoms with Gasteiger partial charge in [0.1, 0.15) is 0 Å². The zero-order chi connectivity index (χ0) is 8.81. The summed E-state index contributed by atoms with van der Waals surface area (Å²) >= 11 is 0. The number of nitrogens with one attached hydrogen (secondary N) is 2. The van der Waals surface area contributed by atoms with Crippen molar-refractivity contribution in [1.29, 1.82) is 0 Å². The lowest BCUT2D eigenvalue weighted by atomic mass is 10.1. The molecule has 1 aliphatic rings. The van der Waals surface area contributed by atoms with Crippen molar-refractivity contribution in [1.82, 2.24) is 10.6 Å². The third kappa shape index (κ3) is 3.52. The topological polar surface area (TPSA) is 33.3 Å². The molecule has 1 heterocycles. The molecule has 0 aliphatic carbocycles. The number of hydrogen-bond donors (Lipinski definition) is 2. The van der Waals surface area contributed by atoms with Crippen LogP contribution in [0.2, 0.25) is 0 Å². The normalized spacial score (nSPS) is 22.5. The van der Waals surface area contributed by atoms with E-state index in [9.17, 15) is 0 Å². The Labute approximate surface area is 74.9 Å². The highest BCUT2D eigenvalue weighted by Gasteiger charge is 2.12. The molecule has 1 fully saturated rings. The van der Waals surface area contributed by atoms with Crippen LogP contribution in [-0.4, -0.2) is 38.9 Å². The molecule has 72 valence electrons. The van der Waals surface area contributed by atoms with Gasteiger partial charge in [-0.1, -0.05) is 0 Å². The summed E-state index contributed by atoms with van der Waals surface area (Å²) in [6.45, 7) is 5.37. The lowest BCUT2D eigenvalue weighted by Crippen LogP contribution is -2.42. The highest BCUT2D eigenvalue weighted by Crippen LogP contribution is 2.01. The number of rotatable bonds is 4. The second-order valence-corrected chi connectivity index (χ2v) is 3.48. The molecule has 2 N–H and O–H groups in total. The maximum absolute atomic E-state index is 5.16. The van der Waals surface area contributed by atoms with E-state index in [4.69, 9.17) is 4.74 Å². The summed E-state index contributed by atoms with van der Waals surface area (Å²) in [6.07, 6.45) is 2.83. The van der Waals surface area contributed by atoms with Gasteiger partial charge in [-0.15, -0.1) is 0 Å². The predicted molar refractivity (Wildman–Crippen MR) is 50.4 cm³/mol. The third-order valence-electron chi connectivity index (χ3n) is 2.44. The summed E-state index contributed by atoms with van der Waals surface area (Å²) in [5.74, 6) is 0. The van der Waals surface area contributed by atoms with Gasteiger partial charge in [-0.25, -0.2) is 0 Å². The van der Waals surface area contributed by atoms with Crippen molar-refractivity contribution in [3.63, 3.8) is 0 Å². The van der Waals surface area contributed by atoms with Crippen molar-refractivity contribution in [2.45, 2.75) is 31.9 Å². The van der Waals surface area contributed by atoms with Crippen LogP contribution < -0.4 is 10.6 Å². The van der Waals surface area contributed by atoms with Crippen LogP contribution in [0.4, 0.5) is 0 Å².